The summed E-state index contributed by atoms with van der Waals surface area (Å²) in [6, 6.07) is 4.20. The van der Waals surface area contributed by atoms with Crippen LogP contribution in [-0.2, 0) is 9.59 Å². The monoisotopic (exact) mass is 267 g/mol. The van der Waals surface area contributed by atoms with Crippen LogP contribution < -0.4 is 5.32 Å². The fraction of sp³-hybridized carbons (Fsp3) is 0.231. The van der Waals surface area contributed by atoms with E-state index in [4.69, 9.17) is 5.11 Å². The highest BCUT2D eigenvalue weighted by molar-refractivity contribution is 5.94. The molecule has 0 heterocycles. The quantitative estimate of drug-likeness (QED) is 0.688. The number of benzene rings is 1. The molecule has 1 amide bonds. The smallest absolute Gasteiger partial charge is 0.328 e. The van der Waals surface area contributed by atoms with E-state index < -0.39 is 29.8 Å². The van der Waals surface area contributed by atoms with Gasteiger partial charge in [0.1, 0.15) is 5.82 Å². The maximum absolute atomic E-state index is 12.9. The zero-order chi connectivity index (χ0) is 14.4. The molecule has 0 aromatic heterocycles. The lowest BCUT2D eigenvalue weighted by molar-refractivity contribution is -0.144. The van der Waals surface area contributed by atoms with E-state index in [9.17, 15) is 19.1 Å². The van der Waals surface area contributed by atoms with E-state index in [1.165, 1.54) is 31.2 Å². The summed E-state index contributed by atoms with van der Waals surface area (Å²) in [5, 5.41) is 20.1. The van der Waals surface area contributed by atoms with Gasteiger partial charge in [-0.2, -0.15) is 0 Å². The van der Waals surface area contributed by atoms with E-state index in [1.807, 2.05) is 0 Å². The van der Waals surface area contributed by atoms with E-state index in [-0.39, 0.29) is 0 Å². The van der Waals surface area contributed by atoms with Crippen molar-refractivity contribution in [3.8, 4) is 0 Å². The lowest BCUT2D eigenvalue weighted by atomic mass is 10.1. The second-order valence-electron chi connectivity index (χ2n) is 3.95. The number of carbonyl (C=O) groups is 2. The van der Waals surface area contributed by atoms with Crippen LogP contribution in [0.4, 0.5) is 4.39 Å². The number of hydrogen-bond acceptors (Lipinski definition) is 3. The highest BCUT2D eigenvalue weighted by Crippen LogP contribution is 2.05. The van der Waals surface area contributed by atoms with E-state index in [0.29, 0.717) is 5.56 Å². The van der Waals surface area contributed by atoms with Crippen molar-refractivity contribution in [2.75, 3.05) is 0 Å². The molecule has 0 saturated heterocycles. The predicted molar refractivity (Wildman–Crippen MR) is 66.7 cm³/mol. The van der Waals surface area contributed by atoms with E-state index in [0.717, 1.165) is 6.08 Å². The van der Waals surface area contributed by atoms with E-state index in [2.05, 4.69) is 5.32 Å². The van der Waals surface area contributed by atoms with Gasteiger partial charge >= 0.3 is 5.97 Å². The third-order valence-electron chi connectivity index (χ3n) is 2.32. The topological polar surface area (TPSA) is 86.6 Å². The number of carboxylic acids is 1. The van der Waals surface area contributed by atoms with Gasteiger partial charge in [-0.25, -0.2) is 9.18 Å². The summed E-state index contributed by atoms with van der Waals surface area (Å²) < 4.78 is 12.9. The number of carbonyl (C=O) groups excluding carboxylic acids is 1. The van der Waals surface area contributed by atoms with Crippen LogP contribution >= 0.6 is 0 Å². The molecule has 2 unspecified atom stereocenters. The first kappa shape index (κ1) is 14.8. The van der Waals surface area contributed by atoms with Gasteiger partial charge in [-0.3, -0.25) is 4.79 Å². The average Bonchev–Trinajstić information content (AvgIpc) is 2.32. The molecular weight excluding hydrogens is 253 g/mol. The number of carboxylic acid groups (broad SMARTS) is 1. The van der Waals surface area contributed by atoms with Crippen LogP contribution in [0.3, 0.4) is 0 Å². The highest BCUT2D eigenvalue weighted by atomic mass is 19.1. The molecule has 6 heteroatoms. The van der Waals surface area contributed by atoms with E-state index >= 15 is 0 Å². The zero-order valence-corrected chi connectivity index (χ0v) is 10.2. The molecule has 0 aliphatic heterocycles. The molecule has 19 heavy (non-hydrogen) atoms. The van der Waals surface area contributed by atoms with Crippen molar-refractivity contribution in [3.63, 3.8) is 0 Å². The molecule has 0 bridgehead atoms. The molecular formula is C13H14FNO4. The lowest BCUT2D eigenvalue weighted by Crippen LogP contribution is -2.47. The van der Waals surface area contributed by atoms with Crippen LogP contribution in [-0.4, -0.2) is 34.2 Å². The number of hydrogen-bond donors (Lipinski definition) is 3. The number of aliphatic hydroxyl groups is 1. The van der Waals surface area contributed by atoms with Crippen molar-refractivity contribution >= 4 is 18.0 Å². The van der Waals surface area contributed by atoms with Crippen molar-refractivity contribution in [2.24, 2.45) is 0 Å². The number of amides is 1. The van der Waals surface area contributed by atoms with Crippen LogP contribution in [0.15, 0.2) is 30.3 Å². The van der Waals surface area contributed by atoms with Crippen molar-refractivity contribution in [2.45, 2.75) is 19.1 Å². The molecule has 5 nitrogen and oxygen atoms in total. The Morgan fingerprint density at radius 2 is 2.11 bits per heavy atom. The fourth-order valence-electron chi connectivity index (χ4n) is 1.37. The van der Waals surface area contributed by atoms with Gasteiger partial charge in [0.15, 0.2) is 6.04 Å². The van der Waals surface area contributed by atoms with Crippen molar-refractivity contribution in [3.05, 3.63) is 41.7 Å². The van der Waals surface area contributed by atoms with Crippen LogP contribution in [0.5, 0.6) is 0 Å². The minimum absolute atomic E-state index is 0.435. The molecule has 102 valence electrons. The SMILES string of the molecule is CC(O)C(NC(=O)/C=C/c1cccc(F)c1)C(=O)O. The van der Waals surface area contributed by atoms with Gasteiger partial charge < -0.3 is 15.5 Å². The number of nitrogens with one attached hydrogen (secondary N) is 1. The molecule has 1 aromatic rings. The summed E-state index contributed by atoms with van der Waals surface area (Å²) in [5.74, 6) is -2.45. The summed E-state index contributed by atoms with van der Waals surface area (Å²) in [5.41, 5.74) is 0.471. The fourth-order valence-corrected chi connectivity index (χ4v) is 1.37. The van der Waals surface area contributed by atoms with Crippen LogP contribution in [0, 0.1) is 5.82 Å². The first-order valence-electron chi connectivity index (χ1n) is 5.55. The zero-order valence-electron chi connectivity index (χ0n) is 10.2. The van der Waals surface area contributed by atoms with Gasteiger partial charge in [0.05, 0.1) is 6.10 Å². The number of aliphatic carboxylic acids is 1. The summed E-state index contributed by atoms with van der Waals surface area (Å²) in [7, 11) is 0. The Kier molecular flexibility index (Phi) is 5.20. The molecule has 1 aromatic carbocycles. The Labute approximate surface area is 109 Å². The van der Waals surface area contributed by atoms with Gasteiger partial charge in [0.2, 0.25) is 5.91 Å². The van der Waals surface area contributed by atoms with Gasteiger partial charge in [0.25, 0.3) is 0 Å². The first-order valence-corrected chi connectivity index (χ1v) is 5.55. The highest BCUT2D eigenvalue weighted by Gasteiger charge is 2.23. The van der Waals surface area contributed by atoms with Crippen LogP contribution in [0.1, 0.15) is 12.5 Å². The molecule has 0 saturated carbocycles. The summed E-state index contributed by atoms with van der Waals surface area (Å²) in [6.45, 7) is 1.26. The first-order chi connectivity index (χ1) is 8.90. The molecule has 3 N–H and O–H groups in total. The Balaban J connectivity index is 2.67. The lowest BCUT2D eigenvalue weighted by Gasteiger charge is -2.15. The number of rotatable bonds is 5. The maximum Gasteiger partial charge on any atom is 0.328 e. The summed E-state index contributed by atoms with van der Waals surface area (Å²) in [6.07, 6.45) is 1.20. The standard InChI is InChI=1S/C13H14FNO4/c1-8(16)12(13(18)19)15-11(17)6-5-9-3-2-4-10(14)7-9/h2-8,12,16H,1H3,(H,15,17)(H,18,19)/b6-5+. The maximum atomic E-state index is 12.9. The summed E-state index contributed by atoms with van der Waals surface area (Å²) in [4.78, 5) is 22.2. The Hall–Kier alpha value is -2.21. The second kappa shape index (κ2) is 6.65. The van der Waals surface area contributed by atoms with Crippen molar-refractivity contribution in [1.82, 2.24) is 5.32 Å². The molecule has 0 aliphatic rings. The Morgan fingerprint density at radius 3 is 2.63 bits per heavy atom. The van der Waals surface area contributed by atoms with Gasteiger partial charge in [-0.15, -0.1) is 0 Å². The minimum atomic E-state index is -1.38. The van der Waals surface area contributed by atoms with Crippen LogP contribution in [0.2, 0.25) is 0 Å². The van der Waals surface area contributed by atoms with E-state index in [1.54, 1.807) is 6.07 Å². The third kappa shape index (κ3) is 4.89. The molecule has 0 radical (unpaired) electrons. The summed E-state index contributed by atoms with van der Waals surface area (Å²) >= 11 is 0. The normalized spacial score (nSPS) is 14.1. The largest absolute Gasteiger partial charge is 0.480 e. The number of halogens is 1. The van der Waals surface area contributed by atoms with Gasteiger partial charge in [0, 0.05) is 6.08 Å². The number of aliphatic hydroxyl groups excluding tert-OH is 1. The van der Waals surface area contributed by atoms with Gasteiger partial charge in [-0.1, -0.05) is 12.1 Å². The molecule has 0 aliphatic carbocycles. The third-order valence-corrected chi connectivity index (χ3v) is 2.32. The molecule has 0 fully saturated rings. The van der Waals surface area contributed by atoms with Gasteiger partial charge in [-0.05, 0) is 30.7 Å². The molecule has 0 spiro atoms. The Morgan fingerprint density at radius 1 is 1.42 bits per heavy atom. The Bertz CT molecular complexity index is 499. The van der Waals surface area contributed by atoms with Crippen molar-refractivity contribution < 1.29 is 24.2 Å². The predicted octanol–water partition coefficient (Wildman–Crippen LogP) is 0.789. The average molecular weight is 267 g/mol. The van der Waals surface area contributed by atoms with Crippen molar-refractivity contribution in [1.29, 1.82) is 0 Å². The van der Waals surface area contributed by atoms with Crippen LogP contribution in [0.25, 0.3) is 6.08 Å². The second-order valence-corrected chi connectivity index (χ2v) is 3.95. The molecule has 2 atom stereocenters. The molecule has 1 rings (SSSR count). The minimum Gasteiger partial charge on any atom is -0.480 e.